The van der Waals surface area contributed by atoms with E-state index < -0.39 is 26.0 Å². The van der Waals surface area contributed by atoms with Crippen LogP contribution in [-0.2, 0) is 20.0 Å². The fourth-order valence-electron chi connectivity index (χ4n) is 4.46. The Balaban J connectivity index is 0.00000289. The van der Waals surface area contributed by atoms with E-state index in [1.54, 1.807) is 23.1 Å². The molecule has 1 saturated heterocycles. The van der Waals surface area contributed by atoms with Crippen molar-refractivity contribution in [2.24, 2.45) is 0 Å². The minimum absolute atomic E-state index is 0. The van der Waals surface area contributed by atoms with Crippen LogP contribution in [0.15, 0.2) is 52.3 Å². The van der Waals surface area contributed by atoms with Crippen LogP contribution in [0.25, 0.3) is 0 Å². The summed E-state index contributed by atoms with van der Waals surface area (Å²) in [7, 11) is -4.04. The van der Waals surface area contributed by atoms with Gasteiger partial charge in [-0.1, -0.05) is 39.5 Å². The molecule has 2 aromatic carbocycles. The summed E-state index contributed by atoms with van der Waals surface area (Å²) >= 11 is 0. The lowest BCUT2D eigenvalue weighted by Crippen LogP contribution is -2.52. The second-order valence-corrected chi connectivity index (χ2v) is 11.0. The van der Waals surface area contributed by atoms with Crippen LogP contribution in [0, 0.1) is 5.82 Å². The molecule has 0 aromatic heterocycles. The summed E-state index contributed by atoms with van der Waals surface area (Å²) in [4.78, 5) is 16.5. The highest BCUT2D eigenvalue weighted by Gasteiger charge is 2.40. The molecule has 2 heterocycles. The van der Waals surface area contributed by atoms with Crippen molar-refractivity contribution >= 4 is 21.4 Å². The Morgan fingerprint density at radius 2 is 1.91 bits per heavy atom. The SMILES string of the molecule is C.C[C@@H]1CN(CC(=O)N2CC(C)(C)c3cc(F)c(S(=O)(=O)c4ccccc4)cc32)CCN1. The fourth-order valence-corrected chi connectivity index (χ4v) is 5.81. The predicted molar refractivity (Wildman–Crippen MR) is 124 cm³/mol. The third-order valence-electron chi connectivity index (χ3n) is 6.08. The molecule has 1 N–H and O–H groups in total. The summed E-state index contributed by atoms with van der Waals surface area (Å²) in [6.45, 7) is 8.96. The average molecular weight is 462 g/mol. The maximum absolute atomic E-state index is 15.0. The van der Waals surface area contributed by atoms with E-state index in [2.05, 4.69) is 17.1 Å². The van der Waals surface area contributed by atoms with Crippen molar-refractivity contribution in [2.45, 2.75) is 49.4 Å². The molecule has 0 radical (unpaired) electrons. The molecule has 2 aromatic rings. The smallest absolute Gasteiger partial charge is 0.241 e. The van der Waals surface area contributed by atoms with Crippen LogP contribution >= 0.6 is 0 Å². The lowest BCUT2D eigenvalue weighted by Gasteiger charge is -2.32. The molecule has 174 valence electrons. The van der Waals surface area contributed by atoms with Crippen LogP contribution in [0.1, 0.15) is 33.8 Å². The van der Waals surface area contributed by atoms with Gasteiger partial charge in [0.25, 0.3) is 0 Å². The molecule has 0 unspecified atom stereocenters. The highest BCUT2D eigenvalue weighted by atomic mass is 32.2. The normalized spacial score (nSPS) is 20.5. The van der Waals surface area contributed by atoms with E-state index in [1.165, 1.54) is 24.3 Å². The number of anilines is 1. The van der Waals surface area contributed by atoms with Crippen molar-refractivity contribution in [3.05, 3.63) is 53.8 Å². The number of halogens is 1. The van der Waals surface area contributed by atoms with E-state index in [0.717, 1.165) is 19.6 Å². The standard InChI is InChI=1S/C23H28FN3O3S.CH4/c1-16-13-26(10-9-25-16)14-22(28)27-15-23(2,3)18-11-19(24)21(12-20(18)27)31(29,30)17-7-5-4-6-8-17;/h4-8,11-12,16,25H,9-10,13-15H2,1-3H3;1H4/t16-;/m1./s1. The second-order valence-electron chi connectivity index (χ2n) is 9.07. The summed E-state index contributed by atoms with van der Waals surface area (Å²) in [6.07, 6.45) is 0. The van der Waals surface area contributed by atoms with E-state index in [4.69, 9.17) is 0 Å². The number of hydrogen-bond donors (Lipinski definition) is 1. The van der Waals surface area contributed by atoms with Crippen molar-refractivity contribution < 1.29 is 17.6 Å². The predicted octanol–water partition coefficient (Wildman–Crippen LogP) is 3.21. The topological polar surface area (TPSA) is 69.7 Å². The first kappa shape index (κ1) is 24.4. The lowest BCUT2D eigenvalue weighted by atomic mass is 9.87. The fraction of sp³-hybridized carbons (Fsp3) is 0.458. The molecule has 0 saturated carbocycles. The number of hydrogen-bond acceptors (Lipinski definition) is 5. The molecule has 0 bridgehead atoms. The average Bonchev–Trinajstić information content (AvgIpc) is 2.98. The molecule has 0 spiro atoms. The van der Waals surface area contributed by atoms with Gasteiger partial charge in [0.2, 0.25) is 15.7 Å². The monoisotopic (exact) mass is 461 g/mol. The van der Waals surface area contributed by atoms with E-state index >= 15 is 4.39 Å². The number of carbonyl (C=O) groups is 1. The minimum Gasteiger partial charge on any atom is -0.312 e. The van der Waals surface area contributed by atoms with Gasteiger partial charge in [0.05, 0.1) is 11.4 Å². The first-order chi connectivity index (χ1) is 14.6. The number of nitrogens with zero attached hydrogens (tertiary/aromatic N) is 2. The van der Waals surface area contributed by atoms with Crippen molar-refractivity contribution in [2.75, 3.05) is 37.6 Å². The molecule has 4 rings (SSSR count). The molecule has 1 atom stereocenters. The quantitative estimate of drug-likeness (QED) is 0.757. The van der Waals surface area contributed by atoms with Crippen molar-refractivity contribution in [1.82, 2.24) is 10.2 Å². The molecule has 1 fully saturated rings. The molecular formula is C24H32FN3O3S. The Labute approximate surface area is 190 Å². The van der Waals surface area contributed by atoms with Crippen LogP contribution in [0.4, 0.5) is 10.1 Å². The van der Waals surface area contributed by atoms with Crippen molar-refractivity contribution in [3.63, 3.8) is 0 Å². The van der Waals surface area contributed by atoms with Crippen molar-refractivity contribution in [3.8, 4) is 0 Å². The largest absolute Gasteiger partial charge is 0.312 e. The molecule has 1 amide bonds. The van der Waals surface area contributed by atoms with Gasteiger partial charge in [-0.15, -0.1) is 0 Å². The Hall–Kier alpha value is -2.29. The maximum Gasteiger partial charge on any atom is 0.241 e. The number of nitrogens with one attached hydrogen (secondary N) is 1. The van der Waals surface area contributed by atoms with Gasteiger partial charge in [0, 0.05) is 43.3 Å². The Kier molecular flexibility index (Phi) is 6.79. The number of piperazine rings is 1. The number of benzene rings is 2. The van der Waals surface area contributed by atoms with Crippen LogP contribution in [0.3, 0.4) is 0 Å². The van der Waals surface area contributed by atoms with Crippen LogP contribution in [0.5, 0.6) is 0 Å². The Morgan fingerprint density at radius 3 is 2.56 bits per heavy atom. The first-order valence-corrected chi connectivity index (χ1v) is 12.0. The van der Waals surface area contributed by atoms with Gasteiger partial charge in [0.1, 0.15) is 10.7 Å². The van der Waals surface area contributed by atoms with E-state index in [1.807, 2.05) is 13.8 Å². The molecule has 32 heavy (non-hydrogen) atoms. The number of fused-ring (bicyclic) bond motifs is 1. The third kappa shape index (κ3) is 4.44. The van der Waals surface area contributed by atoms with E-state index in [0.29, 0.717) is 23.8 Å². The molecule has 8 heteroatoms. The highest BCUT2D eigenvalue weighted by molar-refractivity contribution is 7.91. The maximum atomic E-state index is 15.0. The zero-order valence-corrected chi connectivity index (χ0v) is 18.9. The number of amides is 1. The van der Waals surface area contributed by atoms with Gasteiger partial charge >= 0.3 is 0 Å². The summed E-state index contributed by atoms with van der Waals surface area (Å²) in [5, 5.41) is 3.35. The molecular weight excluding hydrogens is 429 g/mol. The Bertz CT molecular complexity index is 1100. The number of carbonyl (C=O) groups excluding carboxylic acids is 1. The minimum atomic E-state index is -4.04. The van der Waals surface area contributed by atoms with Crippen LogP contribution in [0.2, 0.25) is 0 Å². The molecule has 0 aliphatic carbocycles. The van der Waals surface area contributed by atoms with Crippen LogP contribution < -0.4 is 10.2 Å². The van der Waals surface area contributed by atoms with E-state index in [-0.39, 0.29) is 24.8 Å². The molecule has 2 aliphatic heterocycles. The number of rotatable bonds is 4. The molecule has 2 aliphatic rings. The Morgan fingerprint density at radius 1 is 1.22 bits per heavy atom. The van der Waals surface area contributed by atoms with Gasteiger partial charge in [-0.05, 0) is 36.8 Å². The molecule has 6 nitrogen and oxygen atoms in total. The summed E-state index contributed by atoms with van der Waals surface area (Å²) in [5.41, 5.74) is 0.658. The van der Waals surface area contributed by atoms with Gasteiger partial charge in [-0.2, -0.15) is 0 Å². The van der Waals surface area contributed by atoms with Gasteiger partial charge in [-0.3, -0.25) is 9.69 Å². The van der Waals surface area contributed by atoms with Crippen LogP contribution in [-0.4, -0.2) is 58.0 Å². The van der Waals surface area contributed by atoms with Gasteiger partial charge < -0.3 is 10.2 Å². The van der Waals surface area contributed by atoms with E-state index in [9.17, 15) is 13.2 Å². The summed E-state index contributed by atoms with van der Waals surface area (Å²) in [5.74, 6) is -0.892. The van der Waals surface area contributed by atoms with Gasteiger partial charge in [0.15, 0.2) is 0 Å². The summed E-state index contributed by atoms with van der Waals surface area (Å²) < 4.78 is 41.2. The lowest BCUT2D eigenvalue weighted by molar-refractivity contribution is -0.120. The second kappa shape index (κ2) is 8.92. The van der Waals surface area contributed by atoms with Gasteiger partial charge in [-0.25, -0.2) is 12.8 Å². The third-order valence-corrected chi connectivity index (χ3v) is 7.86. The van der Waals surface area contributed by atoms with Crippen molar-refractivity contribution in [1.29, 1.82) is 0 Å². The summed E-state index contributed by atoms with van der Waals surface area (Å²) in [6, 6.07) is 10.7. The first-order valence-electron chi connectivity index (χ1n) is 10.5. The zero-order valence-electron chi connectivity index (χ0n) is 18.1. The highest BCUT2D eigenvalue weighted by Crippen LogP contribution is 2.43. The zero-order chi connectivity index (χ0) is 22.4. The number of sulfone groups is 1.